The smallest absolute Gasteiger partial charge is 0.129 e. The van der Waals surface area contributed by atoms with E-state index in [2.05, 4.69) is 19.2 Å². The SMILES string of the molecule is CCCCCCC(C)OC(CNC)c1ccccc1F. The molecule has 0 radical (unpaired) electrons. The van der Waals surface area contributed by atoms with E-state index in [0.717, 1.165) is 6.42 Å². The second kappa shape index (κ2) is 9.89. The molecule has 3 heteroatoms. The number of unbranched alkanes of at least 4 members (excludes halogenated alkanes) is 3. The predicted molar refractivity (Wildman–Crippen MR) is 82.4 cm³/mol. The summed E-state index contributed by atoms with van der Waals surface area (Å²) in [5.41, 5.74) is 0.641. The average Bonchev–Trinajstić information content (AvgIpc) is 2.44. The fourth-order valence-corrected chi connectivity index (χ4v) is 2.36. The minimum atomic E-state index is -0.220. The first-order valence-corrected chi connectivity index (χ1v) is 7.73. The lowest BCUT2D eigenvalue weighted by atomic mass is 10.1. The molecule has 0 aliphatic carbocycles. The van der Waals surface area contributed by atoms with Crippen LogP contribution >= 0.6 is 0 Å². The van der Waals surface area contributed by atoms with E-state index in [1.54, 1.807) is 12.1 Å². The number of hydrogen-bond donors (Lipinski definition) is 1. The summed E-state index contributed by atoms with van der Waals surface area (Å²) >= 11 is 0. The zero-order chi connectivity index (χ0) is 14.8. The summed E-state index contributed by atoms with van der Waals surface area (Å²) in [5.74, 6) is -0.189. The molecule has 1 aromatic carbocycles. The molecule has 0 heterocycles. The summed E-state index contributed by atoms with van der Waals surface area (Å²) in [7, 11) is 1.86. The van der Waals surface area contributed by atoms with Crippen LogP contribution in [0, 0.1) is 5.82 Å². The van der Waals surface area contributed by atoms with Crippen molar-refractivity contribution in [2.75, 3.05) is 13.6 Å². The Morgan fingerprint density at radius 2 is 1.95 bits per heavy atom. The average molecular weight is 281 g/mol. The fraction of sp³-hybridized carbons (Fsp3) is 0.647. The quantitative estimate of drug-likeness (QED) is 0.639. The highest BCUT2D eigenvalue weighted by atomic mass is 19.1. The molecule has 2 unspecified atom stereocenters. The summed E-state index contributed by atoms with van der Waals surface area (Å²) in [4.78, 5) is 0. The second-order valence-corrected chi connectivity index (χ2v) is 5.36. The van der Waals surface area contributed by atoms with Gasteiger partial charge in [0, 0.05) is 12.1 Å². The molecule has 114 valence electrons. The Labute approximate surface area is 122 Å². The van der Waals surface area contributed by atoms with Crippen molar-refractivity contribution in [3.05, 3.63) is 35.6 Å². The van der Waals surface area contributed by atoms with Gasteiger partial charge in [0.05, 0.1) is 12.2 Å². The molecule has 1 N–H and O–H groups in total. The van der Waals surface area contributed by atoms with Crippen molar-refractivity contribution < 1.29 is 9.13 Å². The lowest BCUT2D eigenvalue weighted by Crippen LogP contribution is -2.24. The Bertz CT molecular complexity index is 370. The van der Waals surface area contributed by atoms with Gasteiger partial charge in [-0.3, -0.25) is 0 Å². The van der Waals surface area contributed by atoms with Crippen LogP contribution in [0.15, 0.2) is 24.3 Å². The Kier molecular flexibility index (Phi) is 8.47. The molecule has 0 aliphatic rings. The van der Waals surface area contributed by atoms with Gasteiger partial charge < -0.3 is 10.1 Å². The number of nitrogens with one attached hydrogen (secondary N) is 1. The molecular weight excluding hydrogens is 253 g/mol. The molecule has 0 saturated carbocycles. The molecule has 0 bridgehead atoms. The van der Waals surface area contributed by atoms with E-state index in [1.807, 2.05) is 13.1 Å². The van der Waals surface area contributed by atoms with E-state index in [4.69, 9.17) is 4.74 Å². The highest BCUT2D eigenvalue weighted by Gasteiger charge is 2.18. The lowest BCUT2D eigenvalue weighted by Gasteiger charge is -2.23. The van der Waals surface area contributed by atoms with Gasteiger partial charge in [-0.1, -0.05) is 50.8 Å². The molecule has 1 rings (SSSR count). The number of rotatable bonds is 10. The van der Waals surface area contributed by atoms with E-state index in [0.29, 0.717) is 12.1 Å². The molecule has 20 heavy (non-hydrogen) atoms. The molecule has 2 atom stereocenters. The van der Waals surface area contributed by atoms with Gasteiger partial charge in [-0.2, -0.15) is 0 Å². The van der Waals surface area contributed by atoms with Crippen LogP contribution in [0.1, 0.15) is 57.6 Å². The third-order valence-electron chi connectivity index (χ3n) is 3.50. The van der Waals surface area contributed by atoms with Crippen LogP contribution in [-0.2, 0) is 4.74 Å². The van der Waals surface area contributed by atoms with Gasteiger partial charge in [0.25, 0.3) is 0 Å². The summed E-state index contributed by atoms with van der Waals surface area (Å²) in [6.07, 6.45) is 5.92. The lowest BCUT2D eigenvalue weighted by molar-refractivity contribution is -0.00888. The zero-order valence-electron chi connectivity index (χ0n) is 13.0. The molecule has 1 aromatic rings. The Hall–Kier alpha value is -0.930. The Balaban J connectivity index is 2.52. The monoisotopic (exact) mass is 281 g/mol. The van der Waals surface area contributed by atoms with E-state index in [9.17, 15) is 4.39 Å². The summed E-state index contributed by atoms with van der Waals surface area (Å²) in [6, 6.07) is 6.87. The summed E-state index contributed by atoms with van der Waals surface area (Å²) in [5, 5.41) is 3.08. The third kappa shape index (κ3) is 6.02. The highest BCUT2D eigenvalue weighted by Crippen LogP contribution is 2.23. The largest absolute Gasteiger partial charge is 0.369 e. The van der Waals surface area contributed by atoms with E-state index >= 15 is 0 Å². The zero-order valence-corrected chi connectivity index (χ0v) is 13.0. The Morgan fingerprint density at radius 3 is 2.60 bits per heavy atom. The van der Waals surface area contributed by atoms with E-state index < -0.39 is 0 Å². The maximum Gasteiger partial charge on any atom is 0.129 e. The van der Waals surface area contributed by atoms with Crippen LogP contribution in [0.4, 0.5) is 4.39 Å². The first-order chi connectivity index (χ1) is 9.69. The molecular formula is C17H28FNO. The topological polar surface area (TPSA) is 21.3 Å². The number of ether oxygens (including phenoxy) is 1. The maximum atomic E-state index is 13.9. The van der Waals surface area contributed by atoms with Crippen LogP contribution in [0.2, 0.25) is 0 Å². The van der Waals surface area contributed by atoms with Gasteiger partial charge in [-0.05, 0) is 26.5 Å². The van der Waals surface area contributed by atoms with Crippen molar-refractivity contribution in [1.29, 1.82) is 0 Å². The fourth-order valence-electron chi connectivity index (χ4n) is 2.36. The molecule has 0 aromatic heterocycles. The highest BCUT2D eigenvalue weighted by molar-refractivity contribution is 5.20. The minimum absolute atomic E-state index is 0.157. The van der Waals surface area contributed by atoms with Crippen molar-refractivity contribution in [1.82, 2.24) is 5.32 Å². The number of benzene rings is 1. The van der Waals surface area contributed by atoms with Crippen molar-refractivity contribution in [3.63, 3.8) is 0 Å². The van der Waals surface area contributed by atoms with Gasteiger partial charge >= 0.3 is 0 Å². The Morgan fingerprint density at radius 1 is 1.20 bits per heavy atom. The van der Waals surface area contributed by atoms with Crippen molar-refractivity contribution in [2.24, 2.45) is 0 Å². The van der Waals surface area contributed by atoms with Gasteiger partial charge in [-0.25, -0.2) is 4.39 Å². The van der Waals surface area contributed by atoms with Crippen LogP contribution in [0.5, 0.6) is 0 Å². The molecule has 0 spiro atoms. The normalized spacial score (nSPS) is 14.2. The minimum Gasteiger partial charge on any atom is -0.369 e. The van der Waals surface area contributed by atoms with Gasteiger partial charge in [0.15, 0.2) is 0 Å². The van der Waals surface area contributed by atoms with Crippen LogP contribution < -0.4 is 5.32 Å². The molecule has 0 saturated heterocycles. The summed E-state index contributed by atoms with van der Waals surface area (Å²) in [6.45, 7) is 4.91. The molecule has 0 fully saturated rings. The van der Waals surface area contributed by atoms with Crippen LogP contribution in [-0.4, -0.2) is 19.7 Å². The number of halogens is 1. The number of hydrogen-bond acceptors (Lipinski definition) is 2. The second-order valence-electron chi connectivity index (χ2n) is 5.36. The molecule has 0 aliphatic heterocycles. The summed E-state index contributed by atoms with van der Waals surface area (Å²) < 4.78 is 19.9. The molecule has 0 amide bonds. The van der Waals surface area contributed by atoms with E-state index in [-0.39, 0.29) is 18.0 Å². The first-order valence-electron chi connectivity index (χ1n) is 7.73. The number of likely N-dealkylation sites (N-methyl/N-ethyl adjacent to an activating group) is 1. The third-order valence-corrected chi connectivity index (χ3v) is 3.50. The standard InChI is InChI=1S/C17H28FNO/c1-4-5-6-7-10-14(2)20-17(13-19-3)15-11-8-9-12-16(15)18/h8-9,11-12,14,17,19H,4-7,10,13H2,1-3H3. The van der Waals surface area contributed by atoms with Crippen LogP contribution in [0.3, 0.4) is 0 Å². The van der Waals surface area contributed by atoms with Crippen molar-refractivity contribution in [2.45, 2.75) is 58.2 Å². The van der Waals surface area contributed by atoms with Gasteiger partial charge in [0.1, 0.15) is 5.82 Å². The van der Waals surface area contributed by atoms with Gasteiger partial charge in [-0.15, -0.1) is 0 Å². The van der Waals surface area contributed by atoms with Gasteiger partial charge in [0.2, 0.25) is 0 Å². The first kappa shape index (κ1) is 17.1. The van der Waals surface area contributed by atoms with Crippen molar-refractivity contribution >= 4 is 0 Å². The van der Waals surface area contributed by atoms with Crippen LogP contribution in [0.25, 0.3) is 0 Å². The maximum absolute atomic E-state index is 13.9. The van der Waals surface area contributed by atoms with Crippen molar-refractivity contribution in [3.8, 4) is 0 Å². The molecule has 2 nitrogen and oxygen atoms in total. The predicted octanol–water partition coefficient (Wildman–Crippen LogP) is 4.46. The van der Waals surface area contributed by atoms with E-state index in [1.165, 1.54) is 31.7 Å².